The molecule has 168 valence electrons. The zero-order chi connectivity index (χ0) is 21.6. The summed E-state index contributed by atoms with van der Waals surface area (Å²) in [7, 11) is -3.35. The Balaban J connectivity index is 1.51. The number of aliphatic imine (C=N–C) groups is 1. The second-order valence-corrected chi connectivity index (χ2v) is 9.80. The SMILES string of the molecule is CCNC(=NCCS(=O)(=O)NCC1CCC1)NC1CCN(c2c(F)cccc2F)C1. The average molecular weight is 444 g/mol. The Bertz CT molecular complexity index is 825. The lowest BCUT2D eigenvalue weighted by Gasteiger charge is -2.25. The molecular formula is C20H31F2N5O2S. The number of sulfonamides is 1. The second-order valence-electron chi connectivity index (χ2n) is 7.87. The number of hydrogen-bond donors (Lipinski definition) is 3. The molecule has 3 N–H and O–H groups in total. The quantitative estimate of drug-likeness (QED) is 0.400. The second kappa shape index (κ2) is 10.4. The monoisotopic (exact) mass is 443 g/mol. The van der Waals surface area contributed by atoms with E-state index < -0.39 is 21.7 Å². The average Bonchev–Trinajstić information content (AvgIpc) is 3.08. The molecule has 1 aliphatic carbocycles. The van der Waals surface area contributed by atoms with Crippen LogP contribution in [-0.4, -0.2) is 58.9 Å². The Morgan fingerprint density at radius 2 is 1.97 bits per heavy atom. The van der Waals surface area contributed by atoms with Crippen LogP contribution in [0.25, 0.3) is 0 Å². The summed E-state index contributed by atoms with van der Waals surface area (Å²) in [5.74, 6) is -0.251. The standard InChI is InChI=1S/C20H31F2N5O2S/c1-2-23-20(24-10-12-30(28,29)25-13-15-5-3-6-15)26-16-9-11-27(14-16)19-17(21)7-4-8-18(19)22/h4,7-8,15-16,25H,2-3,5-6,9-14H2,1H3,(H2,23,24,26). The van der Waals surface area contributed by atoms with Gasteiger partial charge in [0.1, 0.15) is 17.3 Å². The first kappa shape index (κ1) is 22.7. The van der Waals surface area contributed by atoms with E-state index in [1.54, 1.807) is 4.90 Å². The molecule has 1 atom stereocenters. The topological polar surface area (TPSA) is 85.8 Å². The van der Waals surface area contributed by atoms with Crippen molar-refractivity contribution in [1.29, 1.82) is 0 Å². The summed E-state index contributed by atoms with van der Waals surface area (Å²) in [6.07, 6.45) is 4.05. The van der Waals surface area contributed by atoms with Gasteiger partial charge in [-0.3, -0.25) is 4.99 Å². The van der Waals surface area contributed by atoms with Crippen molar-refractivity contribution in [3.05, 3.63) is 29.8 Å². The summed E-state index contributed by atoms with van der Waals surface area (Å²) in [6, 6.07) is 3.81. The summed E-state index contributed by atoms with van der Waals surface area (Å²) >= 11 is 0. The maximum atomic E-state index is 14.0. The molecule has 1 heterocycles. The van der Waals surface area contributed by atoms with Gasteiger partial charge in [-0.15, -0.1) is 0 Å². The Morgan fingerprint density at radius 1 is 1.23 bits per heavy atom. The van der Waals surface area contributed by atoms with Crippen LogP contribution in [0, 0.1) is 17.6 Å². The highest BCUT2D eigenvalue weighted by Crippen LogP contribution is 2.27. The zero-order valence-corrected chi connectivity index (χ0v) is 18.1. The molecule has 0 radical (unpaired) electrons. The number of rotatable bonds is 9. The first-order valence-electron chi connectivity index (χ1n) is 10.6. The predicted molar refractivity (Wildman–Crippen MR) is 115 cm³/mol. The zero-order valence-electron chi connectivity index (χ0n) is 17.3. The van der Waals surface area contributed by atoms with E-state index >= 15 is 0 Å². The highest BCUT2D eigenvalue weighted by Gasteiger charge is 2.27. The fourth-order valence-corrected chi connectivity index (χ4v) is 4.64. The summed E-state index contributed by atoms with van der Waals surface area (Å²) in [5.41, 5.74) is -0.00706. The van der Waals surface area contributed by atoms with E-state index in [9.17, 15) is 17.2 Å². The van der Waals surface area contributed by atoms with E-state index in [4.69, 9.17) is 0 Å². The Kier molecular flexibility index (Phi) is 7.87. The Morgan fingerprint density at radius 3 is 2.60 bits per heavy atom. The van der Waals surface area contributed by atoms with E-state index in [-0.39, 0.29) is 24.0 Å². The molecule has 1 aromatic carbocycles. The molecule has 0 amide bonds. The van der Waals surface area contributed by atoms with Gasteiger partial charge in [-0.2, -0.15) is 0 Å². The van der Waals surface area contributed by atoms with Crippen LogP contribution in [0.5, 0.6) is 0 Å². The van der Waals surface area contributed by atoms with E-state index in [0.29, 0.717) is 44.5 Å². The van der Waals surface area contributed by atoms with Crippen LogP contribution >= 0.6 is 0 Å². The van der Waals surface area contributed by atoms with Crippen LogP contribution in [0.1, 0.15) is 32.6 Å². The predicted octanol–water partition coefficient (Wildman–Crippen LogP) is 1.82. The number of hydrogen-bond acceptors (Lipinski definition) is 4. The molecule has 30 heavy (non-hydrogen) atoms. The highest BCUT2D eigenvalue weighted by atomic mass is 32.2. The van der Waals surface area contributed by atoms with Crippen LogP contribution in [0.15, 0.2) is 23.2 Å². The Labute approximate surface area is 177 Å². The molecule has 2 fully saturated rings. The fourth-order valence-electron chi connectivity index (χ4n) is 3.68. The third kappa shape index (κ3) is 6.28. The molecule has 10 heteroatoms. The van der Waals surface area contributed by atoms with Crippen LogP contribution in [0.4, 0.5) is 14.5 Å². The van der Waals surface area contributed by atoms with Crippen molar-refractivity contribution in [2.24, 2.45) is 10.9 Å². The minimum absolute atomic E-state index is 0.00706. The molecule has 3 rings (SSSR count). The molecule has 1 saturated heterocycles. The van der Waals surface area contributed by atoms with Gasteiger partial charge >= 0.3 is 0 Å². The number of nitrogens with zero attached hydrogens (tertiary/aromatic N) is 2. The van der Waals surface area contributed by atoms with Gasteiger partial charge in [-0.1, -0.05) is 12.5 Å². The van der Waals surface area contributed by atoms with Gasteiger partial charge in [-0.25, -0.2) is 21.9 Å². The number of halogens is 2. The van der Waals surface area contributed by atoms with Crippen molar-refractivity contribution in [3.8, 4) is 0 Å². The van der Waals surface area contributed by atoms with Crippen LogP contribution in [0.3, 0.4) is 0 Å². The van der Waals surface area contributed by atoms with E-state index in [2.05, 4.69) is 20.3 Å². The van der Waals surface area contributed by atoms with Gasteiger partial charge in [0.05, 0.1) is 12.3 Å². The van der Waals surface area contributed by atoms with Crippen molar-refractivity contribution < 1.29 is 17.2 Å². The van der Waals surface area contributed by atoms with Gasteiger partial charge < -0.3 is 15.5 Å². The third-order valence-corrected chi connectivity index (χ3v) is 6.90. The number of nitrogens with one attached hydrogen (secondary N) is 3. The van der Waals surface area contributed by atoms with Gasteiger partial charge in [0, 0.05) is 32.2 Å². The third-order valence-electron chi connectivity index (χ3n) is 5.57. The molecule has 1 aliphatic heterocycles. The number of para-hydroxylation sites is 1. The lowest BCUT2D eigenvalue weighted by molar-refractivity contribution is 0.316. The maximum Gasteiger partial charge on any atom is 0.213 e. The molecule has 0 bridgehead atoms. The van der Waals surface area contributed by atoms with Crippen molar-refractivity contribution in [2.45, 2.75) is 38.6 Å². The molecule has 7 nitrogen and oxygen atoms in total. The maximum absolute atomic E-state index is 14.0. The first-order valence-corrected chi connectivity index (χ1v) is 12.2. The van der Waals surface area contributed by atoms with Crippen LogP contribution < -0.4 is 20.3 Å². The smallest absolute Gasteiger partial charge is 0.213 e. The number of guanidine groups is 1. The van der Waals surface area contributed by atoms with Gasteiger partial charge in [0.25, 0.3) is 0 Å². The van der Waals surface area contributed by atoms with Crippen LogP contribution in [0.2, 0.25) is 0 Å². The fraction of sp³-hybridized carbons (Fsp3) is 0.650. The van der Waals surface area contributed by atoms with E-state index in [1.807, 2.05) is 6.92 Å². The van der Waals surface area contributed by atoms with Gasteiger partial charge in [-0.05, 0) is 44.2 Å². The number of anilines is 1. The minimum Gasteiger partial charge on any atom is -0.365 e. The van der Waals surface area contributed by atoms with Crippen molar-refractivity contribution >= 4 is 21.7 Å². The molecule has 1 unspecified atom stereocenters. The lowest BCUT2D eigenvalue weighted by Crippen LogP contribution is -2.45. The van der Waals surface area contributed by atoms with E-state index in [0.717, 1.165) is 12.8 Å². The lowest BCUT2D eigenvalue weighted by atomic mass is 9.86. The van der Waals surface area contributed by atoms with Gasteiger partial charge in [0.2, 0.25) is 10.0 Å². The molecule has 0 aromatic heterocycles. The molecule has 1 saturated carbocycles. The molecule has 0 spiro atoms. The summed E-state index contributed by atoms with van der Waals surface area (Å²) < 4.78 is 55.0. The normalized spacial score (nSPS) is 20.3. The minimum atomic E-state index is -3.35. The first-order chi connectivity index (χ1) is 14.4. The number of benzene rings is 1. The molecular weight excluding hydrogens is 412 g/mol. The van der Waals surface area contributed by atoms with Crippen molar-refractivity contribution in [2.75, 3.05) is 43.4 Å². The molecule has 2 aliphatic rings. The van der Waals surface area contributed by atoms with Crippen molar-refractivity contribution in [3.63, 3.8) is 0 Å². The highest BCUT2D eigenvalue weighted by molar-refractivity contribution is 7.89. The summed E-state index contributed by atoms with van der Waals surface area (Å²) in [5, 5.41) is 6.35. The van der Waals surface area contributed by atoms with Crippen LogP contribution in [-0.2, 0) is 10.0 Å². The van der Waals surface area contributed by atoms with Gasteiger partial charge in [0.15, 0.2) is 5.96 Å². The summed E-state index contributed by atoms with van der Waals surface area (Å²) in [4.78, 5) is 6.05. The molecule has 1 aromatic rings. The van der Waals surface area contributed by atoms with Crippen molar-refractivity contribution in [1.82, 2.24) is 15.4 Å². The Hall–Kier alpha value is -1.94. The largest absolute Gasteiger partial charge is 0.365 e. The summed E-state index contributed by atoms with van der Waals surface area (Å²) in [6.45, 7) is 4.14. The van der Waals surface area contributed by atoms with E-state index in [1.165, 1.54) is 24.6 Å².